The molecule has 3 aromatic heterocycles. The first kappa shape index (κ1) is 40.3. The molecule has 0 saturated carbocycles. The van der Waals surface area contributed by atoms with Gasteiger partial charge in [0.05, 0.1) is 64.2 Å². The highest BCUT2D eigenvalue weighted by atomic mass is 35.5. The van der Waals surface area contributed by atoms with Crippen molar-refractivity contribution in [3.8, 4) is 11.5 Å². The summed E-state index contributed by atoms with van der Waals surface area (Å²) in [5.74, 6) is -2.84. The molecule has 1 atom stereocenters. The molecule has 0 aliphatic carbocycles. The van der Waals surface area contributed by atoms with Gasteiger partial charge in [0, 0.05) is 51.8 Å². The fourth-order valence-corrected chi connectivity index (χ4v) is 7.73. The second-order valence-corrected chi connectivity index (χ2v) is 14.3. The molecule has 3 aromatic carbocycles. The first-order valence-corrected chi connectivity index (χ1v) is 18.4. The second kappa shape index (κ2) is 15.4. The molecule has 0 unspecified atom stereocenters. The van der Waals surface area contributed by atoms with E-state index in [1.807, 2.05) is 7.05 Å². The summed E-state index contributed by atoms with van der Waals surface area (Å²) in [6, 6.07) is 14.6. The van der Waals surface area contributed by atoms with Gasteiger partial charge in [-0.3, -0.25) is 14.5 Å². The van der Waals surface area contributed by atoms with E-state index < -0.39 is 47.2 Å². The van der Waals surface area contributed by atoms with Crippen molar-refractivity contribution in [1.82, 2.24) is 14.9 Å². The maximum Gasteiger partial charge on any atom is 0.432 e. The molecule has 8 rings (SSSR count). The Morgan fingerprint density at radius 2 is 1.76 bits per heavy atom. The average molecular weight is 844 g/mol. The number of piperazine rings is 1. The van der Waals surface area contributed by atoms with Gasteiger partial charge in [0.1, 0.15) is 22.7 Å². The normalized spacial score (nSPS) is 15.7. The maximum atomic E-state index is 14.5. The number of anilines is 2. The molecule has 0 spiro atoms. The van der Waals surface area contributed by atoms with Crippen LogP contribution in [0.15, 0.2) is 59.0 Å². The van der Waals surface area contributed by atoms with Gasteiger partial charge in [-0.2, -0.15) is 13.2 Å². The lowest BCUT2D eigenvalue weighted by atomic mass is 9.95. The summed E-state index contributed by atoms with van der Waals surface area (Å²) in [4.78, 5) is 63.4. The molecule has 58 heavy (non-hydrogen) atoms. The van der Waals surface area contributed by atoms with E-state index in [1.165, 1.54) is 27.9 Å². The van der Waals surface area contributed by atoms with Crippen LogP contribution in [-0.2, 0) is 10.9 Å². The Kier molecular flexibility index (Phi) is 10.7. The Bertz CT molecular complexity index is 2610. The van der Waals surface area contributed by atoms with Crippen molar-refractivity contribution < 1.29 is 68.3 Å². The lowest BCUT2D eigenvalue weighted by molar-refractivity contribution is -0.883. The number of benzene rings is 3. The molecule has 1 saturated heterocycles. The summed E-state index contributed by atoms with van der Waals surface area (Å²) in [5, 5.41) is 3.84. The highest BCUT2D eigenvalue weighted by Gasteiger charge is 2.44. The highest BCUT2D eigenvalue weighted by molar-refractivity contribution is 6.20. The number of carbonyl (C=O) groups is 4. The number of methoxy groups -OCH3 is 2. The standard InChI is InChI=1S/C39H34ClF3N6O8.ClH/c1-47-8-10-48(11-9-47)38(53)57-28-16-26-30(31-32(37(52)55-3)34(39(41,42)43)46-33(28)31)21(17-40)18-49(26)36(51)25-14-19-12-22(4-6-24(19)45-25)44-35(50)29-15-20-13-23(54-2)5-7-27(20)56-29;/h4-7,12-16,21,45-46H,8-11,17-18H2,1-3H3,(H,44,50);1H/t21-;/m1./s1. The highest BCUT2D eigenvalue weighted by Crippen LogP contribution is 2.50. The number of amides is 3. The molecule has 0 radical (unpaired) electrons. The number of hydrogen-bond acceptors (Lipinski definition) is 8. The third-order valence-electron chi connectivity index (χ3n) is 10.4. The number of halogens is 5. The van der Waals surface area contributed by atoms with Crippen molar-refractivity contribution in [2.45, 2.75) is 12.1 Å². The van der Waals surface area contributed by atoms with Crippen molar-refractivity contribution in [2.24, 2.45) is 0 Å². The van der Waals surface area contributed by atoms with Crippen molar-refractivity contribution >= 4 is 79.6 Å². The third kappa shape index (κ3) is 7.13. The summed E-state index contributed by atoms with van der Waals surface area (Å²) in [7, 11) is 4.47. The fraction of sp³-hybridized carbons (Fsp3) is 0.282. The van der Waals surface area contributed by atoms with Crippen molar-refractivity contribution in [3.05, 3.63) is 82.9 Å². The molecule has 14 nitrogen and oxygen atoms in total. The number of nitrogens with one attached hydrogen (secondary N) is 4. The Morgan fingerprint density at radius 3 is 2.45 bits per heavy atom. The molecule has 304 valence electrons. The number of quaternary nitrogens is 1. The van der Waals surface area contributed by atoms with Crippen LogP contribution >= 0.6 is 11.6 Å². The number of rotatable bonds is 7. The molecule has 2 aliphatic rings. The van der Waals surface area contributed by atoms with Crippen LogP contribution in [0.2, 0.25) is 0 Å². The Hall–Kier alpha value is -5.91. The monoisotopic (exact) mass is 842 g/mol. The first-order chi connectivity index (χ1) is 27.3. The number of carbonyl (C=O) groups excluding carboxylic acids is 4. The van der Waals surface area contributed by atoms with Gasteiger partial charge in [-0.1, -0.05) is 0 Å². The molecule has 19 heteroatoms. The first-order valence-electron chi connectivity index (χ1n) is 17.8. The van der Waals surface area contributed by atoms with Crippen LogP contribution in [0, 0.1) is 0 Å². The number of likely N-dealkylation sites (N-methyl/N-ethyl adjacent to an activating group) is 1. The Balaban J connectivity index is 0.00000512. The quantitative estimate of drug-likeness (QED) is 0.141. The van der Waals surface area contributed by atoms with Gasteiger partial charge in [-0.15, -0.1) is 11.6 Å². The summed E-state index contributed by atoms with van der Waals surface area (Å²) >= 11 is 6.42. The average Bonchev–Trinajstić information content (AvgIpc) is 3.99. The van der Waals surface area contributed by atoms with Gasteiger partial charge < -0.3 is 56.1 Å². The minimum atomic E-state index is -5.04. The van der Waals surface area contributed by atoms with Gasteiger partial charge >= 0.3 is 18.2 Å². The van der Waals surface area contributed by atoms with Gasteiger partial charge in [-0.05, 0) is 54.1 Å². The zero-order valence-corrected chi connectivity index (χ0v) is 32.6. The Labute approximate surface area is 338 Å². The number of furan rings is 1. The van der Waals surface area contributed by atoms with E-state index in [2.05, 4.69) is 15.3 Å². The molecule has 6 aromatic rings. The lowest BCUT2D eigenvalue weighted by Gasteiger charge is -2.29. The van der Waals surface area contributed by atoms with Crippen molar-refractivity contribution in [3.63, 3.8) is 0 Å². The zero-order chi connectivity index (χ0) is 40.3. The molecule has 0 bridgehead atoms. The topological polar surface area (TPSA) is 164 Å². The van der Waals surface area contributed by atoms with Gasteiger partial charge in [0.15, 0.2) is 11.5 Å². The van der Waals surface area contributed by atoms with Crippen LogP contribution in [0.25, 0.3) is 32.8 Å². The van der Waals surface area contributed by atoms with E-state index >= 15 is 0 Å². The molecule has 2 aliphatic heterocycles. The van der Waals surface area contributed by atoms with Crippen LogP contribution in [0.3, 0.4) is 0 Å². The number of fused-ring (bicyclic) bond motifs is 5. The number of nitrogens with zero attached hydrogens (tertiary/aromatic N) is 2. The van der Waals surface area contributed by atoms with Crippen LogP contribution in [-0.4, -0.2) is 98.6 Å². The molecule has 4 N–H and O–H groups in total. The molecular formula is C39H35Cl2F3N6O8. The SMILES string of the molecule is COC(=O)c1c(C(F)(F)F)[nH]c2c(OC(=O)N3CC[NH+](C)CC3)cc3c(c12)[C@H](CCl)CN3C(=O)c1cc2cc(NC(=O)c3cc4cc(OC)ccc4o3)ccc2[nH]1.[Cl-]. The second-order valence-electron chi connectivity index (χ2n) is 14.0. The smallest absolute Gasteiger partial charge is 0.432 e. The number of esters is 1. The number of aromatic nitrogens is 2. The zero-order valence-electron chi connectivity index (χ0n) is 31.1. The number of ether oxygens (including phenoxy) is 3. The van der Waals surface area contributed by atoms with Crippen LogP contribution in [0.4, 0.5) is 29.3 Å². The number of hydrogen-bond donors (Lipinski definition) is 4. The Morgan fingerprint density at radius 1 is 1.00 bits per heavy atom. The number of H-pyrrole nitrogens is 2. The van der Waals surface area contributed by atoms with Gasteiger partial charge in [0.2, 0.25) is 0 Å². The van der Waals surface area contributed by atoms with E-state index in [9.17, 15) is 32.3 Å². The summed E-state index contributed by atoms with van der Waals surface area (Å²) < 4.78 is 65.2. The summed E-state index contributed by atoms with van der Waals surface area (Å²) in [6.07, 6.45) is -5.83. The fourth-order valence-electron chi connectivity index (χ4n) is 7.47. The van der Waals surface area contributed by atoms with Crippen LogP contribution < -0.4 is 37.0 Å². The summed E-state index contributed by atoms with van der Waals surface area (Å²) in [6.45, 7) is 1.91. The lowest BCUT2D eigenvalue weighted by Crippen LogP contribution is -3.12. The molecular weight excluding hydrogens is 808 g/mol. The largest absolute Gasteiger partial charge is 1.00 e. The van der Waals surface area contributed by atoms with E-state index in [-0.39, 0.29) is 64.2 Å². The van der Waals surface area contributed by atoms with Crippen LogP contribution in [0.5, 0.6) is 11.5 Å². The number of alkyl halides is 4. The summed E-state index contributed by atoms with van der Waals surface area (Å²) in [5.41, 5.74) is -0.598. The molecule has 3 amide bonds. The van der Waals surface area contributed by atoms with E-state index in [0.717, 1.165) is 7.11 Å². The van der Waals surface area contributed by atoms with Crippen LogP contribution in [0.1, 0.15) is 48.6 Å². The minimum absolute atomic E-state index is 0. The maximum absolute atomic E-state index is 14.5. The minimum Gasteiger partial charge on any atom is -1.00 e. The van der Waals surface area contributed by atoms with E-state index in [4.69, 9.17) is 30.2 Å². The van der Waals surface area contributed by atoms with Crippen molar-refractivity contribution in [2.75, 3.05) is 70.1 Å². The predicted octanol–water partition coefficient (Wildman–Crippen LogP) is 2.78. The number of aromatic amines is 2. The molecule has 1 fully saturated rings. The van der Waals surface area contributed by atoms with Gasteiger partial charge in [0.25, 0.3) is 11.8 Å². The van der Waals surface area contributed by atoms with E-state index in [0.29, 0.717) is 59.5 Å². The molecule has 5 heterocycles. The van der Waals surface area contributed by atoms with Gasteiger partial charge in [-0.25, -0.2) is 9.59 Å². The van der Waals surface area contributed by atoms with Crippen molar-refractivity contribution in [1.29, 1.82) is 0 Å². The predicted molar refractivity (Wildman–Crippen MR) is 203 cm³/mol. The third-order valence-corrected chi connectivity index (χ3v) is 10.8. The van der Waals surface area contributed by atoms with E-state index in [1.54, 1.807) is 48.5 Å².